The van der Waals surface area contributed by atoms with E-state index in [1.807, 2.05) is 0 Å². The highest BCUT2D eigenvalue weighted by Gasteiger charge is 2.40. The lowest BCUT2D eigenvalue weighted by atomic mass is 9.78. The predicted molar refractivity (Wildman–Crippen MR) is 77.6 cm³/mol. The molecule has 20 heavy (non-hydrogen) atoms. The van der Waals surface area contributed by atoms with Gasteiger partial charge in [0.2, 0.25) is 0 Å². The van der Waals surface area contributed by atoms with Crippen LogP contribution in [0.5, 0.6) is 5.75 Å². The maximum absolute atomic E-state index is 14.0. The Morgan fingerprint density at radius 2 is 2.20 bits per heavy atom. The Balaban J connectivity index is 2.28. The topological polar surface area (TPSA) is 56.5 Å². The highest BCUT2D eigenvalue weighted by atomic mass is 19.1. The van der Waals surface area contributed by atoms with Crippen LogP contribution in [0.15, 0.2) is 18.2 Å². The fourth-order valence-corrected chi connectivity index (χ4v) is 2.97. The average Bonchev–Trinajstić information content (AvgIpc) is 2.49. The minimum atomic E-state index is -0.416. The van der Waals surface area contributed by atoms with Gasteiger partial charge >= 0.3 is 0 Å². The lowest BCUT2D eigenvalue weighted by molar-refractivity contribution is 0.0189. The van der Waals surface area contributed by atoms with E-state index < -0.39 is 5.54 Å². The number of nitrogens with two attached hydrogens (primary N) is 1. The molecule has 0 saturated heterocycles. The summed E-state index contributed by atoms with van der Waals surface area (Å²) in [5.41, 5.74) is 5.98. The van der Waals surface area contributed by atoms with E-state index in [4.69, 9.17) is 15.2 Å². The first-order chi connectivity index (χ1) is 9.65. The average molecular weight is 282 g/mol. The van der Waals surface area contributed by atoms with E-state index in [0.29, 0.717) is 18.0 Å². The van der Waals surface area contributed by atoms with E-state index in [-0.39, 0.29) is 11.9 Å². The molecule has 0 heterocycles. The molecular weight excluding hydrogens is 259 g/mol. The Hall–Kier alpha value is -1.33. The van der Waals surface area contributed by atoms with Crippen LogP contribution in [0, 0.1) is 5.82 Å². The van der Waals surface area contributed by atoms with Crippen molar-refractivity contribution in [3.05, 3.63) is 24.0 Å². The number of nitrogens with one attached hydrogen (secondary N) is 1. The standard InChI is InChI=1S/C15H23FN2O2/c1-19-11-6-7-12(16)13(9-11)18-15(10-17)8-4-3-5-14(15)20-2/h6-7,9,14,18H,3-5,8,10,17H2,1-2H3. The largest absolute Gasteiger partial charge is 0.497 e. The first-order valence-electron chi connectivity index (χ1n) is 7.00. The maximum Gasteiger partial charge on any atom is 0.146 e. The van der Waals surface area contributed by atoms with Gasteiger partial charge in [-0.05, 0) is 25.0 Å². The van der Waals surface area contributed by atoms with Crippen molar-refractivity contribution in [1.82, 2.24) is 0 Å². The van der Waals surface area contributed by atoms with Gasteiger partial charge < -0.3 is 20.5 Å². The Kier molecular flexibility index (Phi) is 4.83. The summed E-state index contributed by atoms with van der Waals surface area (Å²) in [6.07, 6.45) is 3.98. The van der Waals surface area contributed by atoms with Crippen LogP contribution in [-0.2, 0) is 4.74 Å². The maximum atomic E-state index is 14.0. The summed E-state index contributed by atoms with van der Waals surface area (Å²) in [7, 11) is 3.25. The quantitative estimate of drug-likeness (QED) is 0.871. The minimum Gasteiger partial charge on any atom is -0.497 e. The summed E-state index contributed by atoms with van der Waals surface area (Å²) in [5.74, 6) is 0.310. The van der Waals surface area contributed by atoms with Gasteiger partial charge in [0.15, 0.2) is 0 Å². The lowest BCUT2D eigenvalue weighted by Crippen LogP contribution is -2.57. The number of halogens is 1. The van der Waals surface area contributed by atoms with E-state index >= 15 is 0 Å². The van der Waals surface area contributed by atoms with Crippen LogP contribution in [0.2, 0.25) is 0 Å². The third kappa shape index (κ3) is 2.88. The van der Waals surface area contributed by atoms with E-state index in [1.54, 1.807) is 26.4 Å². The molecule has 0 bridgehead atoms. The predicted octanol–water partition coefficient (Wildman–Crippen LogP) is 2.53. The number of rotatable bonds is 5. The third-order valence-corrected chi connectivity index (χ3v) is 4.16. The van der Waals surface area contributed by atoms with Gasteiger partial charge in [-0.2, -0.15) is 0 Å². The zero-order valence-corrected chi connectivity index (χ0v) is 12.1. The third-order valence-electron chi connectivity index (χ3n) is 4.16. The number of hydrogen-bond donors (Lipinski definition) is 2. The van der Waals surface area contributed by atoms with Gasteiger partial charge in [-0.1, -0.05) is 12.8 Å². The summed E-state index contributed by atoms with van der Waals surface area (Å²) >= 11 is 0. The van der Waals surface area contributed by atoms with Crippen LogP contribution in [0.25, 0.3) is 0 Å². The highest BCUT2D eigenvalue weighted by Crippen LogP contribution is 2.34. The summed E-state index contributed by atoms with van der Waals surface area (Å²) in [4.78, 5) is 0. The molecule has 2 atom stereocenters. The van der Waals surface area contributed by atoms with Gasteiger partial charge in [-0.3, -0.25) is 0 Å². The zero-order valence-electron chi connectivity index (χ0n) is 12.1. The van der Waals surface area contributed by atoms with Gasteiger partial charge in [0, 0.05) is 19.7 Å². The smallest absolute Gasteiger partial charge is 0.146 e. The van der Waals surface area contributed by atoms with Crippen LogP contribution in [0.1, 0.15) is 25.7 Å². The fourth-order valence-electron chi connectivity index (χ4n) is 2.97. The highest BCUT2D eigenvalue weighted by molar-refractivity contribution is 5.52. The molecule has 0 aromatic heterocycles. The summed E-state index contributed by atoms with van der Waals surface area (Å²) in [6.45, 7) is 0.405. The molecule has 1 aromatic carbocycles. The second-order valence-electron chi connectivity index (χ2n) is 5.30. The molecule has 0 amide bonds. The van der Waals surface area contributed by atoms with Gasteiger partial charge in [-0.15, -0.1) is 0 Å². The van der Waals surface area contributed by atoms with Gasteiger partial charge in [0.25, 0.3) is 0 Å². The van der Waals surface area contributed by atoms with Gasteiger partial charge in [-0.25, -0.2) is 4.39 Å². The molecular formula is C15H23FN2O2. The van der Waals surface area contributed by atoms with Crippen molar-refractivity contribution in [3.63, 3.8) is 0 Å². The van der Waals surface area contributed by atoms with E-state index in [2.05, 4.69) is 5.32 Å². The van der Waals surface area contributed by atoms with Crippen molar-refractivity contribution in [1.29, 1.82) is 0 Å². The zero-order chi connectivity index (χ0) is 14.6. The molecule has 112 valence electrons. The van der Waals surface area contributed by atoms with Crippen molar-refractivity contribution in [2.24, 2.45) is 5.73 Å². The molecule has 2 unspecified atom stereocenters. The Morgan fingerprint density at radius 1 is 1.40 bits per heavy atom. The second-order valence-corrected chi connectivity index (χ2v) is 5.30. The van der Waals surface area contributed by atoms with Crippen molar-refractivity contribution >= 4 is 5.69 Å². The van der Waals surface area contributed by atoms with Gasteiger partial charge in [0.05, 0.1) is 24.4 Å². The van der Waals surface area contributed by atoms with Crippen LogP contribution >= 0.6 is 0 Å². The van der Waals surface area contributed by atoms with Crippen molar-refractivity contribution in [3.8, 4) is 5.75 Å². The number of anilines is 1. The molecule has 5 heteroatoms. The molecule has 3 N–H and O–H groups in total. The summed E-state index contributed by atoms with van der Waals surface area (Å²) < 4.78 is 24.7. The molecule has 2 rings (SSSR count). The Bertz CT molecular complexity index is 455. The van der Waals surface area contributed by atoms with Crippen LogP contribution in [0.3, 0.4) is 0 Å². The molecule has 0 spiro atoms. The lowest BCUT2D eigenvalue weighted by Gasteiger charge is -2.44. The second kappa shape index (κ2) is 6.41. The normalized spacial score (nSPS) is 26.3. The molecule has 4 nitrogen and oxygen atoms in total. The Labute approximate surface area is 119 Å². The van der Waals surface area contributed by atoms with Crippen LogP contribution in [-0.4, -0.2) is 32.4 Å². The number of benzene rings is 1. The molecule has 1 saturated carbocycles. The molecule has 1 aromatic rings. The minimum absolute atomic E-state index is 0.00755. The van der Waals surface area contributed by atoms with Gasteiger partial charge in [0.1, 0.15) is 11.6 Å². The number of hydrogen-bond acceptors (Lipinski definition) is 4. The van der Waals surface area contributed by atoms with Crippen molar-refractivity contribution in [2.75, 3.05) is 26.1 Å². The first-order valence-corrected chi connectivity index (χ1v) is 7.00. The molecule has 1 aliphatic rings. The van der Waals surface area contributed by atoms with Crippen molar-refractivity contribution < 1.29 is 13.9 Å². The SMILES string of the molecule is COc1ccc(F)c(NC2(CN)CCCCC2OC)c1. The number of ether oxygens (including phenoxy) is 2. The summed E-state index contributed by atoms with van der Waals surface area (Å²) in [6, 6.07) is 4.66. The monoisotopic (exact) mass is 282 g/mol. The molecule has 0 radical (unpaired) electrons. The molecule has 0 aliphatic heterocycles. The summed E-state index contributed by atoms with van der Waals surface area (Å²) in [5, 5.41) is 3.28. The van der Waals surface area contributed by atoms with E-state index in [9.17, 15) is 4.39 Å². The fraction of sp³-hybridized carbons (Fsp3) is 0.600. The molecule has 1 aliphatic carbocycles. The van der Waals surface area contributed by atoms with Crippen LogP contribution in [0.4, 0.5) is 10.1 Å². The van der Waals surface area contributed by atoms with E-state index in [1.165, 1.54) is 6.07 Å². The molecule has 1 fully saturated rings. The Morgan fingerprint density at radius 3 is 2.85 bits per heavy atom. The first kappa shape index (κ1) is 15.1. The van der Waals surface area contributed by atoms with E-state index in [0.717, 1.165) is 25.7 Å². The van der Waals surface area contributed by atoms with Crippen molar-refractivity contribution in [2.45, 2.75) is 37.3 Å². The van der Waals surface area contributed by atoms with Crippen LogP contribution < -0.4 is 15.8 Å². The number of methoxy groups -OCH3 is 2.